The molecule has 0 spiro atoms. The predicted octanol–water partition coefficient (Wildman–Crippen LogP) is 3.74. The quantitative estimate of drug-likeness (QED) is 0.835. The van der Waals surface area contributed by atoms with Crippen molar-refractivity contribution in [2.75, 3.05) is 0 Å². The fraction of sp³-hybridized carbons (Fsp3) is 0.143. The van der Waals surface area contributed by atoms with Gasteiger partial charge in [0.25, 0.3) is 0 Å². The highest BCUT2D eigenvalue weighted by atomic mass is 127. The number of hydrogen-bond donors (Lipinski definition) is 1. The number of hydrogen-bond acceptors (Lipinski definition) is 3. The van der Waals surface area contributed by atoms with Gasteiger partial charge in [0, 0.05) is 15.3 Å². The summed E-state index contributed by atoms with van der Waals surface area (Å²) in [5, 5.41) is 9.05. The number of nitrogens with zero attached hydrogens (tertiary/aromatic N) is 1. The molecule has 0 unspecified atom stereocenters. The maximum absolute atomic E-state index is 11.0. The summed E-state index contributed by atoms with van der Waals surface area (Å²) in [6.45, 7) is 1.92. The lowest BCUT2D eigenvalue weighted by Crippen LogP contribution is -2.01. The van der Waals surface area contributed by atoms with Crippen molar-refractivity contribution >= 4 is 28.6 Å². The van der Waals surface area contributed by atoms with Gasteiger partial charge in [0.15, 0.2) is 0 Å². The zero-order valence-corrected chi connectivity index (χ0v) is 12.4. The Labute approximate surface area is 124 Å². The van der Waals surface area contributed by atoms with Crippen LogP contribution in [0, 0.1) is 3.57 Å². The van der Waals surface area contributed by atoms with E-state index in [1.807, 2.05) is 31.2 Å². The minimum absolute atomic E-state index is 0.187. The van der Waals surface area contributed by atoms with Gasteiger partial charge in [0.2, 0.25) is 5.88 Å². The zero-order chi connectivity index (χ0) is 13.8. The molecule has 4 nitrogen and oxygen atoms in total. The number of pyridine rings is 1. The maximum Gasteiger partial charge on any atom is 0.335 e. The van der Waals surface area contributed by atoms with Crippen molar-refractivity contribution in [2.24, 2.45) is 0 Å². The summed E-state index contributed by atoms with van der Waals surface area (Å²) in [6, 6.07) is 10.5. The molecule has 0 aliphatic carbocycles. The summed E-state index contributed by atoms with van der Waals surface area (Å²) < 4.78 is 6.66. The molecule has 98 valence electrons. The van der Waals surface area contributed by atoms with Crippen molar-refractivity contribution in [1.29, 1.82) is 0 Å². The molecule has 1 aromatic heterocycles. The average Bonchev–Trinajstić information content (AvgIpc) is 2.38. The van der Waals surface area contributed by atoms with Crippen LogP contribution in [0.15, 0.2) is 36.4 Å². The smallest absolute Gasteiger partial charge is 0.335 e. The number of carboxylic acid groups (broad SMARTS) is 1. The van der Waals surface area contributed by atoms with Gasteiger partial charge in [-0.3, -0.25) is 0 Å². The van der Waals surface area contributed by atoms with E-state index >= 15 is 0 Å². The molecule has 2 aromatic rings. The molecule has 1 heterocycles. The van der Waals surface area contributed by atoms with Gasteiger partial charge in [0.05, 0.1) is 5.56 Å². The Morgan fingerprint density at radius 3 is 2.79 bits per heavy atom. The monoisotopic (exact) mass is 369 g/mol. The molecule has 0 saturated heterocycles. The number of benzene rings is 1. The molecule has 0 aliphatic rings. The van der Waals surface area contributed by atoms with Gasteiger partial charge < -0.3 is 9.84 Å². The molecule has 0 fully saturated rings. The first kappa shape index (κ1) is 13.8. The molecular formula is C14H12INO3. The number of carbonyl (C=O) groups is 1. The summed E-state index contributed by atoms with van der Waals surface area (Å²) in [4.78, 5) is 15.3. The highest BCUT2D eigenvalue weighted by Gasteiger charge is 2.09. The third kappa shape index (κ3) is 3.66. The second kappa shape index (κ2) is 6.01. The molecule has 0 atom stereocenters. The average molecular weight is 369 g/mol. The van der Waals surface area contributed by atoms with Crippen LogP contribution in [0.4, 0.5) is 0 Å². The molecule has 0 amide bonds. The Hall–Kier alpha value is -1.63. The SMILES string of the molecule is CCc1cc(C(=O)O)cc(Oc2cccc(I)c2)n1. The van der Waals surface area contributed by atoms with Gasteiger partial charge >= 0.3 is 5.97 Å². The summed E-state index contributed by atoms with van der Waals surface area (Å²) >= 11 is 2.19. The van der Waals surface area contributed by atoms with Crippen molar-refractivity contribution in [3.05, 3.63) is 51.2 Å². The van der Waals surface area contributed by atoms with E-state index in [0.29, 0.717) is 23.7 Å². The first-order valence-corrected chi connectivity index (χ1v) is 6.84. The Balaban J connectivity index is 2.34. The minimum Gasteiger partial charge on any atom is -0.478 e. The van der Waals surface area contributed by atoms with E-state index in [-0.39, 0.29) is 5.56 Å². The number of carboxylic acids is 1. The molecule has 0 bridgehead atoms. The largest absolute Gasteiger partial charge is 0.478 e. The van der Waals surface area contributed by atoms with Crippen LogP contribution in [-0.4, -0.2) is 16.1 Å². The third-order valence-electron chi connectivity index (χ3n) is 2.48. The molecule has 0 aliphatic heterocycles. The number of halogens is 1. The van der Waals surface area contributed by atoms with Crippen LogP contribution in [0.1, 0.15) is 23.0 Å². The van der Waals surface area contributed by atoms with Crippen molar-refractivity contribution in [3.63, 3.8) is 0 Å². The Bertz CT molecular complexity index is 613. The lowest BCUT2D eigenvalue weighted by molar-refractivity contribution is 0.0696. The van der Waals surface area contributed by atoms with E-state index in [4.69, 9.17) is 9.84 Å². The second-order valence-electron chi connectivity index (χ2n) is 3.90. The van der Waals surface area contributed by atoms with E-state index < -0.39 is 5.97 Å². The summed E-state index contributed by atoms with van der Waals surface area (Å²) in [6.07, 6.45) is 0.657. The first-order valence-electron chi connectivity index (χ1n) is 5.76. The molecule has 1 aromatic carbocycles. The van der Waals surface area contributed by atoms with Crippen LogP contribution in [0.5, 0.6) is 11.6 Å². The predicted molar refractivity (Wildman–Crippen MR) is 79.8 cm³/mol. The van der Waals surface area contributed by atoms with E-state index in [2.05, 4.69) is 27.6 Å². The van der Waals surface area contributed by atoms with Crippen LogP contribution in [0.2, 0.25) is 0 Å². The molecule has 0 saturated carbocycles. The number of aromatic nitrogens is 1. The lowest BCUT2D eigenvalue weighted by Gasteiger charge is -2.08. The minimum atomic E-state index is -0.982. The molecule has 5 heteroatoms. The zero-order valence-electron chi connectivity index (χ0n) is 10.3. The summed E-state index contributed by atoms with van der Waals surface area (Å²) in [5.41, 5.74) is 0.882. The number of aryl methyl sites for hydroxylation is 1. The molecule has 19 heavy (non-hydrogen) atoms. The topological polar surface area (TPSA) is 59.4 Å². The van der Waals surface area contributed by atoms with E-state index in [1.54, 1.807) is 6.07 Å². The first-order chi connectivity index (χ1) is 9.08. The molecular weight excluding hydrogens is 357 g/mol. The van der Waals surface area contributed by atoms with Crippen LogP contribution >= 0.6 is 22.6 Å². The second-order valence-corrected chi connectivity index (χ2v) is 5.15. The van der Waals surface area contributed by atoms with E-state index in [9.17, 15) is 4.79 Å². The number of rotatable bonds is 4. The normalized spacial score (nSPS) is 10.2. The lowest BCUT2D eigenvalue weighted by atomic mass is 10.2. The number of ether oxygens (including phenoxy) is 1. The Morgan fingerprint density at radius 1 is 1.37 bits per heavy atom. The standard InChI is InChI=1S/C14H12INO3/c1-2-11-6-9(14(17)18)7-13(16-11)19-12-5-3-4-10(15)8-12/h3-8H,2H2,1H3,(H,17,18). The van der Waals surface area contributed by atoms with E-state index in [1.165, 1.54) is 6.07 Å². The fourth-order valence-corrected chi connectivity index (χ4v) is 2.08. The highest BCUT2D eigenvalue weighted by Crippen LogP contribution is 2.23. The van der Waals surface area contributed by atoms with Crippen molar-refractivity contribution in [2.45, 2.75) is 13.3 Å². The van der Waals surface area contributed by atoms with Crippen molar-refractivity contribution < 1.29 is 14.6 Å². The van der Waals surface area contributed by atoms with Crippen molar-refractivity contribution in [3.8, 4) is 11.6 Å². The molecule has 1 N–H and O–H groups in total. The Kier molecular flexibility index (Phi) is 4.36. The summed E-state index contributed by atoms with van der Waals surface area (Å²) in [7, 11) is 0. The van der Waals surface area contributed by atoms with Gasteiger partial charge in [-0.15, -0.1) is 0 Å². The fourth-order valence-electron chi connectivity index (χ4n) is 1.57. The van der Waals surface area contributed by atoms with Crippen LogP contribution < -0.4 is 4.74 Å². The summed E-state index contributed by atoms with van der Waals surface area (Å²) in [5.74, 6) is -0.0349. The maximum atomic E-state index is 11.0. The van der Waals surface area contributed by atoms with Crippen LogP contribution in [0.25, 0.3) is 0 Å². The molecule has 2 rings (SSSR count). The van der Waals surface area contributed by atoms with Crippen LogP contribution in [0.3, 0.4) is 0 Å². The van der Waals surface area contributed by atoms with Gasteiger partial charge in [-0.2, -0.15) is 0 Å². The Morgan fingerprint density at radius 2 is 2.16 bits per heavy atom. The number of aromatic carboxylic acids is 1. The van der Waals surface area contributed by atoms with Gasteiger partial charge in [-0.05, 0) is 53.3 Å². The van der Waals surface area contributed by atoms with Gasteiger partial charge in [0.1, 0.15) is 5.75 Å². The third-order valence-corrected chi connectivity index (χ3v) is 3.15. The van der Waals surface area contributed by atoms with Gasteiger partial charge in [-0.25, -0.2) is 9.78 Å². The van der Waals surface area contributed by atoms with Crippen molar-refractivity contribution in [1.82, 2.24) is 4.98 Å². The highest BCUT2D eigenvalue weighted by molar-refractivity contribution is 14.1. The molecule has 0 radical (unpaired) electrons. The van der Waals surface area contributed by atoms with E-state index in [0.717, 1.165) is 3.57 Å². The van der Waals surface area contributed by atoms with Gasteiger partial charge in [-0.1, -0.05) is 13.0 Å². The van der Waals surface area contributed by atoms with Crippen LogP contribution in [-0.2, 0) is 6.42 Å².